The second-order valence-corrected chi connectivity index (χ2v) is 11.2. The summed E-state index contributed by atoms with van der Waals surface area (Å²) in [4.78, 5) is 45.3. The first-order chi connectivity index (χ1) is 21.0. The molecule has 0 saturated heterocycles. The summed E-state index contributed by atoms with van der Waals surface area (Å²) in [6, 6.07) is 20.5. The number of amides is 2. The first-order valence-corrected chi connectivity index (χ1v) is 14.5. The van der Waals surface area contributed by atoms with Crippen molar-refractivity contribution in [3.05, 3.63) is 104 Å². The molecule has 224 valence electrons. The van der Waals surface area contributed by atoms with Gasteiger partial charge in [-0.2, -0.15) is 0 Å². The number of pyridine rings is 2. The number of nitrogens with zero attached hydrogens (tertiary/aromatic N) is 3. The van der Waals surface area contributed by atoms with Crippen LogP contribution in [0, 0.1) is 0 Å². The fourth-order valence-electron chi connectivity index (χ4n) is 5.06. The molecule has 0 spiro atoms. The van der Waals surface area contributed by atoms with Crippen LogP contribution in [0.1, 0.15) is 19.4 Å². The van der Waals surface area contributed by atoms with E-state index >= 15 is 0 Å². The lowest BCUT2D eigenvalue weighted by atomic mass is 9.97. The number of aromatic nitrogens is 2. The van der Waals surface area contributed by atoms with Gasteiger partial charge in [-0.3, -0.25) is 23.9 Å². The molecule has 0 unspecified atom stereocenters. The molecule has 0 atom stereocenters. The van der Waals surface area contributed by atoms with Crippen LogP contribution >= 0.6 is 34.8 Å². The summed E-state index contributed by atoms with van der Waals surface area (Å²) in [6.07, 6.45) is 0. The maximum atomic E-state index is 13.8. The van der Waals surface area contributed by atoms with Gasteiger partial charge >= 0.3 is 0 Å². The molecule has 3 aromatic carbocycles. The highest BCUT2D eigenvalue weighted by Crippen LogP contribution is 2.40. The number of methoxy groups -OCH3 is 2. The number of halogens is 3. The van der Waals surface area contributed by atoms with E-state index in [9.17, 15) is 14.4 Å². The van der Waals surface area contributed by atoms with Gasteiger partial charge in [0, 0.05) is 58.1 Å². The van der Waals surface area contributed by atoms with Gasteiger partial charge in [-0.1, -0.05) is 46.9 Å². The number of imide groups is 1. The molecule has 0 radical (unpaired) electrons. The lowest BCUT2D eigenvalue weighted by molar-refractivity contribution is -0.124. The van der Waals surface area contributed by atoms with Crippen LogP contribution in [0.4, 0.5) is 5.69 Å². The van der Waals surface area contributed by atoms with Gasteiger partial charge in [0.05, 0.1) is 37.2 Å². The normalized spacial score (nSPS) is 11.0. The Labute approximate surface area is 268 Å². The summed E-state index contributed by atoms with van der Waals surface area (Å²) in [6.45, 7) is 2.58. The van der Waals surface area contributed by atoms with Gasteiger partial charge in [-0.25, -0.2) is 4.98 Å². The third kappa shape index (κ3) is 6.01. The zero-order valence-corrected chi connectivity index (χ0v) is 26.4. The van der Waals surface area contributed by atoms with E-state index in [0.29, 0.717) is 54.3 Å². The van der Waals surface area contributed by atoms with Crippen LogP contribution < -0.4 is 19.9 Å². The lowest BCUT2D eigenvalue weighted by Crippen LogP contribution is -2.35. The molecule has 0 aliphatic carbocycles. The largest absolute Gasteiger partial charge is 0.497 e. The third-order valence-electron chi connectivity index (χ3n) is 7.10. The molecule has 2 aromatic heterocycles. The molecule has 0 fully saturated rings. The molecule has 0 bridgehead atoms. The zero-order chi connectivity index (χ0) is 31.7. The van der Waals surface area contributed by atoms with Gasteiger partial charge in [-0.15, -0.1) is 0 Å². The number of rotatable bonds is 7. The Morgan fingerprint density at radius 3 is 2.11 bits per heavy atom. The Balaban J connectivity index is 1.91. The fourth-order valence-corrected chi connectivity index (χ4v) is 5.69. The molecule has 0 N–H and O–H groups in total. The average Bonchev–Trinajstić information content (AvgIpc) is 2.98. The molecule has 5 aromatic rings. The highest BCUT2D eigenvalue weighted by atomic mass is 35.5. The summed E-state index contributed by atoms with van der Waals surface area (Å²) >= 11 is 19.1. The Morgan fingerprint density at radius 1 is 0.818 bits per heavy atom. The number of anilines is 1. The van der Waals surface area contributed by atoms with E-state index in [1.54, 1.807) is 61.7 Å². The van der Waals surface area contributed by atoms with Crippen molar-refractivity contribution in [2.24, 2.45) is 0 Å². The summed E-state index contributed by atoms with van der Waals surface area (Å²) in [5, 5.41) is 1.71. The van der Waals surface area contributed by atoms with Crippen molar-refractivity contribution in [1.82, 2.24) is 9.55 Å². The van der Waals surface area contributed by atoms with Gasteiger partial charge in [0.15, 0.2) is 0 Å². The highest BCUT2D eigenvalue weighted by Gasteiger charge is 2.25. The van der Waals surface area contributed by atoms with Crippen molar-refractivity contribution in [3.8, 4) is 33.9 Å². The number of hydrogen-bond donors (Lipinski definition) is 0. The minimum atomic E-state index is -0.550. The number of hydrogen-bond acceptors (Lipinski definition) is 6. The second-order valence-electron chi connectivity index (χ2n) is 9.89. The van der Waals surface area contributed by atoms with E-state index in [-0.39, 0.29) is 17.9 Å². The quantitative estimate of drug-likeness (QED) is 0.180. The van der Waals surface area contributed by atoms with Crippen molar-refractivity contribution in [3.63, 3.8) is 0 Å². The maximum Gasteiger partial charge on any atom is 0.254 e. The molecule has 0 aliphatic heterocycles. The highest BCUT2D eigenvalue weighted by molar-refractivity contribution is 6.36. The Morgan fingerprint density at radius 2 is 1.50 bits per heavy atom. The molecule has 2 amide bonds. The van der Waals surface area contributed by atoms with E-state index in [4.69, 9.17) is 49.3 Å². The molecule has 8 nitrogen and oxygen atoms in total. The van der Waals surface area contributed by atoms with Crippen LogP contribution in [0.2, 0.25) is 15.1 Å². The number of carbonyl (C=O) groups excluding carboxylic acids is 2. The summed E-state index contributed by atoms with van der Waals surface area (Å²) in [5.74, 6) is -0.0142. The topological polar surface area (TPSA) is 90.7 Å². The van der Waals surface area contributed by atoms with Crippen LogP contribution in [-0.4, -0.2) is 35.6 Å². The molecule has 0 saturated carbocycles. The van der Waals surface area contributed by atoms with Gasteiger partial charge in [0.2, 0.25) is 11.8 Å². The Hall–Kier alpha value is -4.37. The van der Waals surface area contributed by atoms with Crippen molar-refractivity contribution in [1.29, 1.82) is 0 Å². The van der Waals surface area contributed by atoms with Gasteiger partial charge < -0.3 is 9.47 Å². The predicted molar refractivity (Wildman–Crippen MR) is 174 cm³/mol. The first-order valence-electron chi connectivity index (χ1n) is 13.3. The van der Waals surface area contributed by atoms with Crippen LogP contribution in [0.5, 0.6) is 11.5 Å². The van der Waals surface area contributed by atoms with Gasteiger partial charge in [0.25, 0.3) is 5.56 Å². The van der Waals surface area contributed by atoms with E-state index in [2.05, 4.69) is 0 Å². The zero-order valence-electron chi connectivity index (χ0n) is 24.2. The summed E-state index contributed by atoms with van der Waals surface area (Å²) in [7, 11) is 3.07. The van der Waals surface area contributed by atoms with Gasteiger partial charge in [-0.05, 0) is 54.1 Å². The molecule has 5 rings (SSSR count). The molecule has 44 heavy (non-hydrogen) atoms. The SMILES string of the molecule is COc1ccc(Cn2c(=O)cc(N(C(C)=O)C(C)=O)c3cc(-c4ccc(Cl)cc4)c(-c4ccc(Cl)cc4Cl)nc32)c(OC)c1. The van der Waals surface area contributed by atoms with Gasteiger partial charge in [0.1, 0.15) is 17.1 Å². The number of carbonyl (C=O) groups is 2. The molecule has 2 heterocycles. The standard InChI is InChI=1S/C33H26Cl3N3O5/c1-18(40)39(19(2)41)29-16-31(42)38(17-21-7-11-24(43-3)14-30(21)44-4)33-27(29)15-26(20-5-8-22(34)9-6-20)32(37-33)25-12-10-23(35)13-28(25)36/h5-16H,17H2,1-4H3. The Kier molecular flexibility index (Phi) is 8.97. The van der Waals surface area contributed by atoms with E-state index in [1.807, 2.05) is 12.1 Å². The van der Waals surface area contributed by atoms with Crippen molar-refractivity contribution in [2.75, 3.05) is 19.1 Å². The van der Waals surface area contributed by atoms with E-state index in [1.165, 1.54) is 31.6 Å². The van der Waals surface area contributed by atoms with Crippen LogP contribution in [-0.2, 0) is 16.1 Å². The molecule has 0 aliphatic rings. The van der Waals surface area contributed by atoms with Crippen molar-refractivity contribution in [2.45, 2.75) is 20.4 Å². The van der Waals surface area contributed by atoms with Crippen LogP contribution in [0.3, 0.4) is 0 Å². The minimum Gasteiger partial charge on any atom is -0.497 e. The van der Waals surface area contributed by atoms with Crippen LogP contribution in [0.15, 0.2) is 77.6 Å². The Bertz CT molecular complexity index is 1980. The molecular weight excluding hydrogens is 625 g/mol. The van der Waals surface area contributed by atoms with E-state index < -0.39 is 17.4 Å². The first kappa shape index (κ1) is 31.1. The number of benzene rings is 3. The number of fused-ring (bicyclic) bond motifs is 1. The maximum absolute atomic E-state index is 13.8. The minimum absolute atomic E-state index is 0.0595. The average molecular weight is 651 g/mol. The lowest BCUT2D eigenvalue weighted by Gasteiger charge is -2.23. The fraction of sp³-hybridized carbons (Fsp3) is 0.152. The summed E-state index contributed by atoms with van der Waals surface area (Å²) in [5.41, 5.74) is 2.89. The monoisotopic (exact) mass is 649 g/mol. The third-order valence-corrected chi connectivity index (χ3v) is 7.89. The summed E-state index contributed by atoms with van der Waals surface area (Å²) < 4.78 is 12.4. The van der Waals surface area contributed by atoms with Crippen molar-refractivity contribution < 1.29 is 19.1 Å². The van der Waals surface area contributed by atoms with E-state index in [0.717, 1.165) is 10.5 Å². The van der Waals surface area contributed by atoms with Crippen LogP contribution in [0.25, 0.3) is 33.4 Å². The second kappa shape index (κ2) is 12.7. The molecule has 11 heteroatoms. The predicted octanol–water partition coefficient (Wildman–Crippen LogP) is 7.66. The molecular formula is C33H26Cl3N3O5. The smallest absolute Gasteiger partial charge is 0.254 e. The van der Waals surface area contributed by atoms with Crippen molar-refractivity contribution >= 4 is 63.3 Å². The number of ether oxygens (including phenoxy) is 2.